The van der Waals surface area contributed by atoms with Crippen LogP contribution in [0.5, 0.6) is 5.75 Å². The van der Waals surface area contributed by atoms with Gasteiger partial charge in [0.15, 0.2) is 0 Å². The van der Waals surface area contributed by atoms with Crippen molar-refractivity contribution in [2.24, 2.45) is 17.4 Å². The van der Waals surface area contributed by atoms with Crippen LogP contribution >= 0.6 is 0 Å². The number of phenolic OH excluding ortho intramolecular Hbond substituents is 1. The molecule has 0 bridgehead atoms. The van der Waals surface area contributed by atoms with Crippen molar-refractivity contribution >= 4 is 23.7 Å². The number of amides is 3. The van der Waals surface area contributed by atoms with Crippen LogP contribution in [0.1, 0.15) is 32.3 Å². The van der Waals surface area contributed by atoms with E-state index in [9.17, 15) is 29.4 Å². The van der Waals surface area contributed by atoms with Crippen LogP contribution in [0.2, 0.25) is 0 Å². The van der Waals surface area contributed by atoms with E-state index < -0.39 is 48.2 Å². The summed E-state index contributed by atoms with van der Waals surface area (Å²) in [7, 11) is 0. The lowest BCUT2D eigenvalue weighted by Crippen LogP contribution is -2.55. The molecule has 0 spiro atoms. The van der Waals surface area contributed by atoms with E-state index in [1.165, 1.54) is 12.1 Å². The molecule has 1 aromatic carbocycles. The minimum absolute atomic E-state index is 0.0230. The van der Waals surface area contributed by atoms with Crippen molar-refractivity contribution in [2.45, 2.75) is 51.2 Å². The topological polar surface area (TPSA) is 185 Å². The average molecular weight is 408 g/mol. The number of carbonyl (C=O) groups is 4. The molecule has 1 aromatic rings. The summed E-state index contributed by atoms with van der Waals surface area (Å²) in [6.45, 7) is 3.80. The van der Waals surface area contributed by atoms with Crippen molar-refractivity contribution in [3.8, 4) is 5.75 Å². The molecule has 8 N–H and O–H groups in total. The van der Waals surface area contributed by atoms with Gasteiger partial charge in [0, 0.05) is 6.42 Å². The van der Waals surface area contributed by atoms with Gasteiger partial charge in [0.05, 0.1) is 12.5 Å². The third-order valence-corrected chi connectivity index (χ3v) is 4.09. The van der Waals surface area contributed by atoms with Crippen LogP contribution in [-0.4, -0.2) is 52.0 Å². The highest BCUT2D eigenvalue weighted by molar-refractivity contribution is 5.93. The molecule has 0 aromatic heterocycles. The SMILES string of the molecule is CC(C)C[C@H](N)C(=O)N[C@@H](Cc1ccc(O)cc1)C(=O)N[C@@H](CC(N)=O)C(=O)O. The Morgan fingerprint density at radius 2 is 1.55 bits per heavy atom. The lowest BCUT2D eigenvalue weighted by Gasteiger charge is -2.23. The summed E-state index contributed by atoms with van der Waals surface area (Å²) in [4.78, 5) is 47.4. The predicted molar refractivity (Wildman–Crippen MR) is 105 cm³/mol. The molecule has 160 valence electrons. The van der Waals surface area contributed by atoms with E-state index in [0.717, 1.165) is 0 Å². The number of aromatic hydroxyl groups is 1. The number of nitrogens with one attached hydrogen (secondary N) is 2. The monoisotopic (exact) mass is 408 g/mol. The summed E-state index contributed by atoms with van der Waals surface area (Å²) in [6.07, 6.45) is -0.165. The van der Waals surface area contributed by atoms with E-state index in [-0.39, 0.29) is 18.1 Å². The number of carbonyl (C=O) groups excluding carboxylic acids is 3. The fraction of sp³-hybridized carbons (Fsp3) is 0.474. The smallest absolute Gasteiger partial charge is 0.326 e. The molecule has 0 radical (unpaired) electrons. The molecule has 10 heteroatoms. The quantitative estimate of drug-likeness (QED) is 0.278. The van der Waals surface area contributed by atoms with Gasteiger partial charge in [0.2, 0.25) is 17.7 Å². The van der Waals surface area contributed by atoms with Gasteiger partial charge in [-0.2, -0.15) is 0 Å². The molecule has 0 heterocycles. The largest absolute Gasteiger partial charge is 0.508 e. The van der Waals surface area contributed by atoms with Gasteiger partial charge in [0.25, 0.3) is 0 Å². The Labute approximate surface area is 168 Å². The lowest BCUT2D eigenvalue weighted by atomic mass is 10.0. The number of primary amides is 1. The highest BCUT2D eigenvalue weighted by Crippen LogP contribution is 2.12. The summed E-state index contributed by atoms with van der Waals surface area (Å²) in [5.41, 5.74) is 11.5. The highest BCUT2D eigenvalue weighted by Gasteiger charge is 2.29. The van der Waals surface area contributed by atoms with Gasteiger partial charge in [-0.15, -0.1) is 0 Å². The van der Waals surface area contributed by atoms with Gasteiger partial charge in [-0.1, -0.05) is 26.0 Å². The summed E-state index contributed by atoms with van der Waals surface area (Å²) >= 11 is 0. The van der Waals surface area contributed by atoms with Crippen LogP contribution in [-0.2, 0) is 25.6 Å². The average Bonchev–Trinajstić information content (AvgIpc) is 2.61. The zero-order valence-corrected chi connectivity index (χ0v) is 16.4. The van der Waals surface area contributed by atoms with Crippen LogP contribution < -0.4 is 22.1 Å². The summed E-state index contributed by atoms with van der Waals surface area (Å²) < 4.78 is 0. The number of hydrogen-bond acceptors (Lipinski definition) is 6. The van der Waals surface area contributed by atoms with Gasteiger partial charge in [-0.05, 0) is 30.0 Å². The van der Waals surface area contributed by atoms with Crippen LogP contribution in [0.3, 0.4) is 0 Å². The molecule has 3 atom stereocenters. The maximum Gasteiger partial charge on any atom is 0.326 e. The number of aliphatic carboxylic acids is 1. The fourth-order valence-electron chi connectivity index (χ4n) is 2.64. The Hall–Kier alpha value is -3.14. The molecule has 10 nitrogen and oxygen atoms in total. The van der Waals surface area contributed by atoms with Crippen molar-refractivity contribution in [3.05, 3.63) is 29.8 Å². The molecule has 0 aliphatic carbocycles. The molecule has 0 aliphatic heterocycles. The fourth-order valence-corrected chi connectivity index (χ4v) is 2.64. The first-order chi connectivity index (χ1) is 13.5. The van der Waals surface area contributed by atoms with Gasteiger partial charge in [-0.3, -0.25) is 14.4 Å². The van der Waals surface area contributed by atoms with Crippen molar-refractivity contribution in [1.82, 2.24) is 10.6 Å². The van der Waals surface area contributed by atoms with Gasteiger partial charge >= 0.3 is 5.97 Å². The first-order valence-electron chi connectivity index (χ1n) is 9.15. The maximum atomic E-state index is 12.7. The third-order valence-electron chi connectivity index (χ3n) is 4.09. The van der Waals surface area contributed by atoms with Gasteiger partial charge in [0.1, 0.15) is 17.8 Å². The molecule has 0 saturated carbocycles. The predicted octanol–water partition coefficient (Wildman–Crippen LogP) is -0.762. The number of phenols is 1. The molecule has 1 rings (SSSR count). The Kier molecular flexibility index (Phi) is 9.07. The van der Waals surface area contributed by atoms with Crippen molar-refractivity contribution < 1.29 is 29.4 Å². The number of carboxylic acid groups (broad SMARTS) is 1. The van der Waals surface area contributed by atoms with Crippen LogP contribution in [0.4, 0.5) is 0 Å². The molecule has 29 heavy (non-hydrogen) atoms. The molecular formula is C19H28N4O6. The Morgan fingerprint density at radius 3 is 2.03 bits per heavy atom. The first kappa shape index (κ1) is 23.9. The van der Waals surface area contributed by atoms with Crippen molar-refractivity contribution in [2.75, 3.05) is 0 Å². The second-order valence-electron chi connectivity index (χ2n) is 7.24. The zero-order valence-electron chi connectivity index (χ0n) is 16.4. The minimum Gasteiger partial charge on any atom is -0.508 e. The number of carboxylic acids is 1. The Morgan fingerprint density at radius 1 is 1.00 bits per heavy atom. The van der Waals surface area contributed by atoms with Crippen molar-refractivity contribution in [1.29, 1.82) is 0 Å². The summed E-state index contributed by atoms with van der Waals surface area (Å²) in [5.74, 6) is -3.48. The van der Waals surface area contributed by atoms with E-state index >= 15 is 0 Å². The number of rotatable bonds is 11. The van der Waals surface area contributed by atoms with E-state index in [4.69, 9.17) is 11.5 Å². The van der Waals surface area contributed by atoms with Crippen molar-refractivity contribution in [3.63, 3.8) is 0 Å². The number of hydrogen-bond donors (Lipinski definition) is 6. The van der Waals surface area contributed by atoms with Gasteiger partial charge < -0.3 is 32.3 Å². The number of nitrogens with two attached hydrogens (primary N) is 2. The van der Waals surface area contributed by atoms with Crippen LogP contribution in [0.25, 0.3) is 0 Å². The maximum absolute atomic E-state index is 12.7. The number of benzene rings is 1. The minimum atomic E-state index is -1.52. The van der Waals surface area contributed by atoms with Crippen LogP contribution in [0, 0.1) is 5.92 Å². The molecule has 0 unspecified atom stereocenters. The second-order valence-corrected chi connectivity index (χ2v) is 7.24. The Bertz CT molecular complexity index is 735. The zero-order chi connectivity index (χ0) is 22.1. The third kappa shape index (κ3) is 8.60. The lowest BCUT2D eigenvalue weighted by molar-refractivity contribution is -0.143. The molecule has 3 amide bonds. The standard InChI is InChI=1S/C19H28N4O6/c1-10(2)7-13(20)17(26)22-14(8-11-3-5-12(24)6-4-11)18(27)23-15(19(28)29)9-16(21)25/h3-6,10,13-15,24H,7-9,20H2,1-2H3,(H2,21,25)(H,22,26)(H,23,27)(H,28,29)/t13-,14-,15-/m0/s1. The van der Waals surface area contributed by atoms with Crippen LogP contribution in [0.15, 0.2) is 24.3 Å². The normalized spacial score (nSPS) is 13.9. The molecular weight excluding hydrogens is 380 g/mol. The first-order valence-corrected chi connectivity index (χ1v) is 9.15. The summed E-state index contributed by atoms with van der Waals surface area (Å²) in [6, 6.07) is 2.46. The summed E-state index contributed by atoms with van der Waals surface area (Å²) in [5, 5.41) is 23.3. The van der Waals surface area contributed by atoms with E-state index in [2.05, 4.69) is 10.6 Å². The van der Waals surface area contributed by atoms with Gasteiger partial charge in [-0.25, -0.2) is 4.79 Å². The van der Waals surface area contributed by atoms with E-state index in [1.807, 2.05) is 13.8 Å². The highest BCUT2D eigenvalue weighted by atomic mass is 16.4. The Balaban J connectivity index is 2.99. The molecule has 0 aliphatic rings. The van der Waals surface area contributed by atoms with E-state index in [0.29, 0.717) is 12.0 Å². The second kappa shape index (κ2) is 11.0. The molecule has 0 saturated heterocycles. The van der Waals surface area contributed by atoms with E-state index in [1.54, 1.807) is 12.1 Å². The molecule has 0 fully saturated rings.